The number of H-pyrrole nitrogens is 2. The average molecular weight is 112 g/mol. The van der Waals surface area contributed by atoms with Crippen molar-refractivity contribution in [2.75, 3.05) is 0 Å². The lowest BCUT2D eigenvalue weighted by molar-refractivity contribution is 1.05. The minimum atomic E-state index is -0.361. The van der Waals surface area contributed by atoms with Gasteiger partial charge < -0.3 is 5.10 Å². The first-order chi connectivity index (χ1) is 3.84. The lowest BCUT2D eigenvalue weighted by atomic mass is 10.6. The van der Waals surface area contributed by atoms with E-state index in [0.717, 1.165) is 0 Å². The van der Waals surface area contributed by atoms with Crippen LogP contribution in [0.1, 0.15) is 0 Å². The quantitative estimate of drug-likeness (QED) is 0.450. The predicted octanol–water partition coefficient (Wildman–Crippen LogP) is 0.365. The van der Waals surface area contributed by atoms with Gasteiger partial charge in [-0.3, -0.25) is 9.89 Å². The van der Waals surface area contributed by atoms with Crippen molar-refractivity contribution in [3.63, 3.8) is 0 Å². The van der Waals surface area contributed by atoms with E-state index in [2.05, 4.69) is 15.3 Å². The lowest BCUT2D eigenvalue weighted by Crippen LogP contribution is -1.95. The lowest BCUT2D eigenvalue weighted by Gasteiger charge is -1.67. The van der Waals surface area contributed by atoms with Crippen LogP contribution in [-0.4, -0.2) is 10.2 Å². The molecule has 0 aliphatic rings. The number of nitrogens with one attached hydrogen (secondary N) is 3. The molecule has 5 nitrogen and oxygen atoms in total. The highest BCUT2D eigenvalue weighted by atomic mass is 16.1. The Balaban J connectivity index is 3.30. The third-order valence-electron chi connectivity index (χ3n) is 0.748. The summed E-state index contributed by atoms with van der Waals surface area (Å²) < 4.78 is 0. The Labute approximate surface area is 44.2 Å². The predicted molar refractivity (Wildman–Crippen MR) is 26.2 cm³/mol. The number of aromatic nitrogens is 2. The molecule has 0 aromatic carbocycles. The molecule has 0 unspecified atom stereocenters. The molecule has 0 aliphatic heterocycles. The Kier molecular flexibility index (Phi) is 0.957. The number of hydrogen-bond donors (Lipinski definition) is 3. The summed E-state index contributed by atoms with van der Waals surface area (Å²) in [5.74, 6) is 0. The zero-order chi connectivity index (χ0) is 5.98. The maximum absolute atomic E-state index is 10.3. The first-order valence-corrected chi connectivity index (χ1v) is 1.98. The maximum atomic E-state index is 10.3. The number of rotatable bonds is 1. The number of nitrogens with zero attached hydrogens (tertiary/aromatic N) is 1. The molecule has 8 heavy (non-hydrogen) atoms. The molecular formula is C3H4N4O. The molecule has 3 N–H and O–H groups in total. The summed E-state index contributed by atoms with van der Waals surface area (Å²) in [6, 6.07) is 0. The van der Waals surface area contributed by atoms with Crippen molar-refractivity contribution < 1.29 is 0 Å². The second kappa shape index (κ2) is 1.61. The molecule has 5 heteroatoms. The molecule has 1 rings (SSSR count). The molecule has 0 spiro atoms. The van der Waals surface area contributed by atoms with Crippen molar-refractivity contribution in [1.29, 1.82) is 5.53 Å². The molecule has 0 saturated heterocycles. The summed E-state index contributed by atoms with van der Waals surface area (Å²) in [6.45, 7) is 0. The van der Waals surface area contributed by atoms with E-state index in [1.165, 1.54) is 6.20 Å². The van der Waals surface area contributed by atoms with Crippen molar-refractivity contribution in [2.45, 2.75) is 0 Å². The second-order valence-corrected chi connectivity index (χ2v) is 1.24. The van der Waals surface area contributed by atoms with Crippen LogP contribution in [0.5, 0.6) is 0 Å². The Bertz CT molecular complexity index is 233. The summed E-state index contributed by atoms with van der Waals surface area (Å²) in [5.41, 5.74) is 6.13. The highest BCUT2D eigenvalue weighted by molar-refractivity contribution is 5.27. The fraction of sp³-hybridized carbons (Fsp3) is 0. The normalized spacial score (nSPS) is 9.00. The van der Waals surface area contributed by atoms with E-state index < -0.39 is 0 Å². The van der Waals surface area contributed by atoms with E-state index in [1.807, 2.05) is 0 Å². The van der Waals surface area contributed by atoms with Gasteiger partial charge in [0, 0.05) is 0 Å². The van der Waals surface area contributed by atoms with Crippen LogP contribution in [0, 0.1) is 5.53 Å². The van der Waals surface area contributed by atoms with E-state index >= 15 is 0 Å². The van der Waals surface area contributed by atoms with Gasteiger partial charge in [-0.15, -0.1) is 0 Å². The van der Waals surface area contributed by atoms with Crippen molar-refractivity contribution in [3.8, 4) is 0 Å². The Morgan fingerprint density at radius 3 is 2.75 bits per heavy atom. The number of aromatic amines is 2. The monoisotopic (exact) mass is 112 g/mol. The summed E-state index contributed by atoms with van der Waals surface area (Å²) in [5, 5.41) is 7.53. The van der Waals surface area contributed by atoms with Crippen LogP contribution in [0.4, 0.5) is 5.69 Å². The van der Waals surface area contributed by atoms with Gasteiger partial charge in [0.25, 0.3) is 5.56 Å². The first-order valence-electron chi connectivity index (χ1n) is 1.98. The SMILES string of the molecule is N=Nc1c[nH][nH]c1=O. The molecule has 0 saturated carbocycles. The molecule has 0 aliphatic carbocycles. The maximum Gasteiger partial charge on any atom is 0.291 e. The highest BCUT2D eigenvalue weighted by Crippen LogP contribution is 1.95. The third kappa shape index (κ3) is 0.534. The fourth-order valence-corrected chi connectivity index (χ4v) is 0.383. The fourth-order valence-electron chi connectivity index (χ4n) is 0.383. The van der Waals surface area contributed by atoms with Gasteiger partial charge in [-0.1, -0.05) is 0 Å². The summed E-state index contributed by atoms with van der Waals surface area (Å²) in [4.78, 5) is 10.3. The van der Waals surface area contributed by atoms with Crippen LogP contribution in [0.15, 0.2) is 16.1 Å². The van der Waals surface area contributed by atoms with Crippen LogP contribution < -0.4 is 5.56 Å². The van der Waals surface area contributed by atoms with E-state index in [1.54, 1.807) is 0 Å². The first kappa shape index (κ1) is 4.76. The molecule has 0 radical (unpaired) electrons. The van der Waals surface area contributed by atoms with Crippen molar-refractivity contribution >= 4 is 5.69 Å². The van der Waals surface area contributed by atoms with Crippen molar-refractivity contribution in [1.82, 2.24) is 10.2 Å². The van der Waals surface area contributed by atoms with Gasteiger partial charge in [-0.2, -0.15) is 5.11 Å². The molecular weight excluding hydrogens is 108 g/mol. The largest absolute Gasteiger partial charge is 0.303 e. The molecule has 1 heterocycles. The minimum Gasteiger partial charge on any atom is -0.303 e. The van der Waals surface area contributed by atoms with Crippen LogP contribution in [-0.2, 0) is 0 Å². The topological polar surface area (TPSA) is 84.9 Å². The Morgan fingerprint density at radius 2 is 2.50 bits per heavy atom. The third-order valence-corrected chi connectivity index (χ3v) is 0.748. The zero-order valence-electron chi connectivity index (χ0n) is 3.93. The van der Waals surface area contributed by atoms with Gasteiger partial charge in [0.05, 0.1) is 6.20 Å². The van der Waals surface area contributed by atoms with Crippen molar-refractivity contribution in [3.05, 3.63) is 16.6 Å². The van der Waals surface area contributed by atoms with Gasteiger partial charge in [-0.05, 0) is 0 Å². The Morgan fingerprint density at radius 1 is 1.75 bits per heavy atom. The van der Waals surface area contributed by atoms with Gasteiger partial charge in [0.1, 0.15) is 0 Å². The van der Waals surface area contributed by atoms with Crippen molar-refractivity contribution in [2.24, 2.45) is 5.11 Å². The standard InChI is InChI=1S/C3H4N4O/c4-6-2-1-5-7-3(2)8/h1,4H,(H2,5,7,8). The van der Waals surface area contributed by atoms with Crippen LogP contribution in [0.2, 0.25) is 0 Å². The average Bonchev–Trinajstić information content (AvgIpc) is 2.14. The molecule has 1 aromatic rings. The molecule has 42 valence electrons. The van der Waals surface area contributed by atoms with E-state index in [9.17, 15) is 4.79 Å². The summed E-state index contributed by atoms with van der Waals surface area (Å²) in [7, 11) is 0. The van der Waals surface area contributed by atoms with E-state index in [-0.39, 0.29) is 11.2 Å². The van der Waals surface area contributed by atoms with Gasteiger partial charge in [0.15, 0.2) is 5.69 Å². The second-order valence-electron chi connectivity index (χ2n) is 1.24. The van der Waals surface area contributed by atoms with Crippen LogP contribution in [0.25, 0.3) is 0 Å². The summed E-state index contributed by atoms with van der Waals surface area (Å²) in [6.07, 6.45) is 1.33. The molecule has 0 atom stereocenters. The smallest absolute Gasteiger partial charge is 0.291 e. The number of hydrogen-bond acceptors (Lipinski definition) is 3. The van der Waals surface area contributed by atoms with Gasteiger partial charge in [0.2, 0.25) is 0 Å². The van der Waals surface area contributed by atoms with Gasteiger partial charge in [-0.25, -0.2) is 5.53 Å². The molecule has 0 bridgehead atoms. The van der Waals surface area contributed by atoms with Gasteiger partial charge >= 0.3 is 0 Å². The Hall–Kier alpha value is -1.39. The zero-order valence-corrected chi connectivity index (χ0v) is 3.93. The molecule has 1 aromatic heterocycles. The summed E-state index contributed by atoms with van der Waals surface area (Å²) >= 11 is 0. The van der Waals surface area contributed by atoms with Crippen LogP contribution in [0.3, 0.4) is 0 Å². The highest BCUT2D eigenvalue weighted by Gasteiger charge is 1.92. The van der Waals surface area contributed by atoms with E-state index in [4.69, 9.17) is 5.53 Å². The van der Waals surface area contributed by atoms with Crippen LogP contribution >= 0.6 is 0 Å². The molecule has 0 amide bonds. The van der Waals surface area contributed by atoms with E-state index in [0.29, 0.717) is 0 Å². The molecule has 0 fully saturated rings. The minimum absolute atomic E-state index is 0.102.